The van der Waals surface area contributed by atoms with Gasteiger partial charge in [-0.3, -0.25) is 9.97 Å². The Morgan fingerprint density at radius 1 is 0.571 bits per heavy atom. The maximum atomic E-state index is 4.69. The monoisotopic (exact) mass is 588 g/mol. The van der Waals surface area contributed by atoms with E-state index in [0.717, 1.165) is 22.5 Å². The van der Waals surface area contributed by atoms with Gasteiger partial charge in [0, 0.05) is 30.7 Å². The van der Waals surface area contributed by atoms with E-state index in [1.54, 1.807) is 0 Å². The molecule has 0 amide bonds. The summed E-state index contributed by atoms with van der Waals surface area (Å²) in [6.45, 7) is 4.23. The topological polar surface area (TPSA) is 25.8 Å². The zero-order chi connectivity index (χ0) is 19.7. The van der Waals surface area contributed by atoms with Gasteiger partial charge in [0.1, 0.15) is 0 Å². The van der Waals surface area contributed by atoms with Gasteiger partial charge in [-0.2, -0.15) is 0 Å². The van der Waals surface area contributed by atoms with Crippen molar-refractivity contribution in [2.24, 2.45) is 0 Å². The minimum absolute atomic E-state index is 1.03. The molecule has 0 spiro atoms. The molecule has 0 bridgehead atoms. The second kappa shape index (κ2) is 8.29. The molecule has 0 aliphatic carbocycles. The molecule has 2 aromatic carbocycles. The summed E-state index contributed by atoms with van der Waals surface area (Å²) in [6, 6.07) is 21.4. The van der Waals surface area contributed by atoms with Gasteiger partial charge in [0.2, 0.25) is 0 Å². The van der Waals surface area contributed by atoms with Gasteiger partial charge in [-0.25, -0.2) is 0 Å². The molecule has 0 radical (unpaired) electrons. The van der Waals surface area contributed by atoms with Crippen LogP contribution in [0, 0.1) is 21.0 Å². The van der Waals surface area contributed by atoms with Crippen LogP contribution < -0.4 is 0 Å². The molecule has 0 saturated carbocycles. The molecule has 2 nitrogen and oxygen atoms in total. The van der Waals surface area contributed by atoms with Crippen molar-refractivity contribution < 1.29 is 0 Å². The number of aryl methyl sites for hydroxylation is 2. The second-order valence-corrected chi connectivity index (χ2v) is 9.21. The van der Waals surface area contributed by atoms with Crippen LogP contribution in [0.4, 0.5) is 0 Å². The summed E-state index contributed by atoms with van der Waals surface area (Å²) in [4.78, 5) is 9.39. The highest BCUT2D eigenvalue weighted by atomic mass is 127. The summed E-state index contributed by atoms with van der Waals surface area (Å²) in [6.07, 6.45) is 3.73. The van der Waals surface area contributed by atoms with Crippen molar-refractivity contribution in [3.63, 3.8) is 0 Å². The molecular weight excluding hydrogens is 570 g/mol. The molecule has 0 saturated heterocycles. The van der Waals surface area contributed by atoms with Crippen LogP contribution in [0.3, 0.4) is 0 Å². The number of halogens is 2. The Kier molecular flexibility index (Phi) is 5.78. The normalized spacial score (nSPS) is 10.9. The van der Waals surface area contributed by atoms with E-state index in [2.05, 4.69) is 108 Å². The van der Waals surface area contributed by atoms with Gasteiger partial charge in [0.15, 0.2) is 0 Å². The summed E-state index contributed by atoms with van der Waals surface area (Å²) in [7, 11) is 0. The molecular formula is C24H18I2N2. The molecule has 2 heterocycles. The van der Waals surface area contributed by atoms with E-state index < -0.39 is 0 Å². The fraction of sp³-hybridized carbons (Fsp3) is 0.0833. The predicted molar refractivity (Wildman–Crippen MR) is 133 cm³/mol. The summed E-state index contributed by atoms with van der Waals surface area (Å²) in [5.41, 5.74) is 9.06. The minimum atomic E-state index is 1.03. The van der Waals surface area contributed by atoms with Crippen LogP contribution in [-0.2, 0) is 0 Å². The molecule has 138 valence electrons. The van der Waals surface area contributed by atoms with Crippen molar-refractivity contribution in [3.05, 3.63) is 91.3 Å². The van der Waals surface area contributed by atoms with Gasteiger partial charge >= 0.3 is 0 Å². The first-order valence-electron chi connectivity index (χ1n) is 8.98. The quantitative estimate of drug-likeness (QED) is 0.235. The maximum Gasteiger partial charge on any atom is 0.0737 e. The van der Waals surface area contributed by atoms with Gasteiger partial charge in [0.05, 0.1) is 11.4 Å². The van der Waals surface area contributed by atoms with E-state index >= 15 is 0 Å². The lowest BCUT2D eigenvalue weighted by Gasteiger charge is -2.16. The highest BCUT2D eigenvalue weighted by molar-refractivity contribution is 14.1. The molecule has 0 aliphatic heterocycles. The summed E-state index contributed by atoms with van der Waals surface area (Å²) < 4.78 is 2.39. The number of nitrogens with zero attached hydrogens (tertiary/aromatic N) is 2. The Hall–Kier alpha value is -1.80. The van der Waals surface area contributed by atoms with Crippen LogP contribution in [0.2, 0.25) is 0 Å². The van der Waals surface area contributed by atoms with E-state index in [4.69, 9.17) is 9.97 Å². The smallest absolute Gasteiger partial charge is 0.0737 e. The number of hydrogen-bond donors (Lipinski definition) is 0. The summed E-state index contributed by atoms with van der Waals surface area (Å²) in [5, 5.41) is 0. The summed E-state index contributed by atoms with van der Waals surface area (Å²) >= 11 is 4.74. The van der Waals surface area contributed by atoms with E-state index in [0.29, 0.717) is 0 Å². The molecule has 0 unspecified atom stereocenters. The maximum absolute atomic E-state index is 4.69. The van der Waals surface area contributed by atoms with Crippen LogP contribution in [0.25, 0.3) is 33.6 Å². The van der Waals surface area contributed by atoms with Crippen molar-refractivity contribution >= 4 is 45.2 Å². The van der Waals surface area contributed by atoms with Crippen molar-refractivity contribution in [1.29, 1.82) is 0 Å². The molecule has 0 atom stereocenters. The zero-order valence-electron chi connectivity index (χ0n) is 15.6. The first-order chi connectivity index (χ1) is 13.5. The van der Waals surface area contributed by atoms with Crippen LogP contribution >= 0.6 is 45.2 Å². The summed E-state index contributed by atoms with van der Waals surface area (Å²) in [5.74, 6) is 0. The van der Waals surface area contributed by atoms with Crippen LogP contribution in [0.15, 0.2) is 73.1 Å². The SMILES string of the molecule is Cc1cccnc1-c1cc(I)ccc1-c1ccc(I)cc1-c1ncccc1C. The highest BCUT2D eigenvalue weighted by Crippen LogP contribution is 2.39. The molecule has 28 heavy (non-hydrogen) atoms. The number of hydrogen-bond acceptors (Lipinski definition) is 2. The Labute approximate surface area is 192 Å². The van der Waals surface area contributed by atoms with Crippen molar-refractivity contribution in [2.45, 2.75) is 13.8 Å². The third-order valence-electron chi connectivity index (χ3n) is 4.78. The van der Waals surface area contributed by atoms with Crippen LogP contribution in [0.5, 0.6) is 0 Å². The lowest BCUT2D eigenvalue weighted by molar-refractivity contribution is 1.26. The lowest BCUT2D eigenvalue weighted by Crippen LogP contribution is -1.96. The average Bonchev–Trinajstić information content (AvgIpc) is 2.69. The van der Waals surface area contributed by atoms with Crippen molar-refractivity contribution in [3.8, 4) is 33.6 Å². The molecule has 4 rings (SSSR count). The minimum Gasteiger partial charge on any atom is -0.256 e. The van der Waals surface area contributed by atoms with Gasteiger partial charge in [0.25, 0.3) is 0 Å². The number of benzene rings is 2. The van der Waals surface area contributed by atoms with Crippen molar-refractivity contribution in [1.82, 2.24) is 9.97 Å². The van der Waals surface area contributed by atoms with Crippen LogP contribution in [0.1, 0.15) is 11.1 Å². The molecule has 0 aliphatic rings. The van der Waals surface area contributed by atoms with E-state index in [-0.39, 0.29) is 0 Å². The van der Waals surface area contributed by atoms with Gasteiger partial charge < -0.3 is 0 Å². The molecule has 4 aromatic rings. The van der Waals surface area contributed by atoms with Gasteiger partial charge in [-0.1, -0.05) is 24.3 Å². The molecule has 2 aromatic heterocycles. The first kappa shape index (κ1) is 19.5. The number of aromatic nitrogens is 2. The second-order valence-electron chi connectivity index (χ2n) is 6.72. The Bertz CT molecular complexity index is 1080. The Morgan fingerprint density at radius 3 is 1.39 bits per heavy atom. The third kappa shape index (κ3) is 3.85. The van der Waals surface area contributed by atoms with Crippen molar-refractivity contribution in [2.75, 3.05) is 0 Å². The van der Waals surface area contributed by atoms with E-state index in [1.807, 2.05) is 24.5 Å². The zero-order valence-corrected chi connectivity index (χ0v) is 19.9. The van der Waals surface area contributed by atoms with Gasteiger partial charge in [-0.15, -0.1) is 0 Å². The predicted octanol–water partition coefficient (Wildman–Crippen LogP) is 7.30. The molecule has 0 N–H and O–H groups in total. The van der Waals surface area contributed by atoms with E-state index in [9.17, 15) is 0 Å². The average molecular weight is 588 g/mol. The highest BCUT2D eigenvalue weighted by Gasteiger charge is 2.17. The number of rotatable bonds is 3. The van der Waals surface area contributed by atoms with E-state index in [1.165, 1.54) is 29.4 Å². The lowest BCUT2D eigenvalue weighted by atomic mass is 9.90. The third-order valence-corrected chi connectivity index (χ3v) is 6.12. The standard InChI is InChI=1S/C24H18I2N2/c1-15-5-3-11-27-23(15)21-13-17(25)7-9-19(21)20-10-8-18(26)14-22(20)24-16(2)6-4-12-28-24/h3-14H,1-2H3. The Morgan fingerprint density at radius 2 is 1.00 bits per heavy atom. The largest absolute Gasteiger partial charge is 0.256 e. The fourth-order valence-corrected chi connectivity index (χ4v) is 4.41. The fourth-order valence-electron chi connectivity index (χ4n) is 3.43. The first-order valence-corrected chi connectivity index (χ1v) is 11.1. The van der Waals surface area contributed by atoms with Crippen LogP contribution in [-0.4, -0.2) is 9.97 Å². The molecule has 0 fully saturated rings. The Balaban J connectivity index is 2.02. The number of pyridine rings is 2. The van der Waals surface area contributed by atoms with Gasteiger partial charge in [-0.05, 0) is 118 Å². The molecule has 4 heteroatoms.